The Balaban J connectivity index is 2.63. The van der Waals surface area contributed by atoms with Crippen LogP contribution in [0, 0.1) is 0 Å². The van der Waals surface area contributed by atoms with Crippen LogP contribution in [0.1, 0.15) is 38.5 Å². The molecule has 0 heterocycles. The summed E-state index contributed by atoms with van der Waals surface area (Å²) >= 11 is 5.91. The van der Waals surface area contributed by atoms with Gasteiger partial charge in [-0.3, -0.25) is 4.79 Å². The van der Waals surface area contributed by atoms with Gasteiger partial charge in [-0.05, 0) is 25.7 Å². The fraction of sp³-hybridized carbons (Fsp3) is 0.667. The molecule has 0 aromatic rings. The smallest absolute Gasteiger partial charge is 0.147 e. The first kappa shape index (κ1) is 8.79. The Labute approximate surface area is 72.4 Å². The zero-order valence-corrected chi connectivity index (χ0v) is 7.36. The highest BCUT2D eigenvalue weighted by atomic mass is 35.5. The maximum atomic E-state index is 10.5. The number of allylic oxidation sites excluding steroid dienone is 2. The summed E-state index contributed by atoms with van der Waals surface area (Å²) in [6.45, 7) is 0. The van der Waals surface area contributed by atoms with Crippen LogP contribution in [0.4, 0.5) is 0 Å². The molecule has 0 amide bonds. The largest absolute Gasteiger partial charge is 0.298 e. The number of hydrogen-bond donors (Lipinski definition) is 0. The second kappa shape index (κ2) is 4.55. The maximum Gasteiger partial charge on any atom is 0.147 e. The number of hydrogen-bond acceptors (Lipinski definition) is 1. The Morgan fingerprint density at radius 3 is 2.36 bits per heavy atom. The highest BCUT2D eigenvalue weighted by Gasteiger charge is 2.06. The molecule has 0 radical (unpaired) electrons. The van der Waals surface area contributed by atoms with Crippen molar-refractivity contribution in [2.75, 3.05) is 0 Å². The van der Waals surface area contributed by atoms with Gasteiger partial charge in [-0.2, -0.15) is 0 Å². The summed E-state index contributed by atoms with van der Waals surface area (Å²) in [4.78, 5) is 10.5. The van der Waals surface area contributed by atoms with Crippen molar-refractivity contribution in [1.82, 2.24) is 0 Å². The molecule has 0 saturated heterocycles. The molecule has 0 fully saturated rings. The average molecular weight is 173 g/mol. The quantitative estimate of drug-likeness (QED) is 0.556. The minimum absolute atomic E-state index is 0.791. The van der Waals surface area contributed by atoms with Crippen molar-refractivity contribution < 1.29 is 4.79 Å². The molecule has 0 aliphatic heterocycles. The third-order valence-corrected chi connectivity index (χ3v) is 2.51. The average Bonchev–Trinajstić information content (AvgIpc) is 1.98. The number of aldehydes is 1. The van der Waals surface area contributed by atoms with Crippen LogP contribution in [0.5, 0.6) is 0 Å². The lowest BCUT2D eigenvalue weighted by Crippen LogP contribution is -1.94. The summed E-state index contributed by atoms with van der Waals surface area (Å²) in [7, 11) is 0. The van der Waals surface area contributed by atoms with E-state index in [1.165, 1.54) is 12.8 Å². The normalized spacial score (nSPS) is 27.4. The van der Waals surface area contributed by atoms with E-state index >= 15 is 0 Å². The molecule has 1 aliphatic rings. The molecule has 1 aliphatic carbocycles. The Morgan fingerprint density at radius 1 is 1.09 bits per heavy atom. The van der Waals surface area contributed by atoms with E-state index < -0.39 is 0 Å². The van der Waals surface area contributed by atoms with Gasteiger partial charge in [0.25, 0.3) is 0 Å². The first-order chi connectivity index (χ1) is 5.34. The number of halogens is 1. The molecule has 0 spiro atoms. The molecular formula is C9H13ClO. The summed E-state index contributed by atoms with van der Waals surface area (Å²) in [5.74, 6) is 0. The molecule has 11 heavy (non-hydrogen) atoms. The van der Waals surface area contributed by atoms with Crippen molar-refractivity contribution in [2.24, 2.45) is 0 Å². The van der Waals surface area contributed by atoms with Gasteiger partial charge in [-0.25, -0.2) is 0 Å². The fourth-order valence-corrected chi connectivity index (χ4v) is 1.64. The van der Waals surface area contributed by atoms with Crippen LogP contribution >= 0.6 is 11.6 Å². The van der Waals surface area contributed by atoms with Gasteiger partial charge in [0.15, 0.2) is 0 Å². The van der Waals surface area contributed by atoms with E-state index in [9.17, 15) is 4.79 Å². The van der Waals surface area contributed by atoms with Gasteiger partial charge >= 0.3 is 0 Å². The molecule has 2 heteroatoms. The lowest BCUT2D eigenvalue weighted by Gasteiger charge is -2.08. The number of carbonyl (C=O) groups is 1. The number of carbonyl (C=O) groups excluding carboxylic acids is 1. The van der Waals surface area contributed by atoms with E-state index in [0.717, 1.165) is 42.6 Å². The highest BCUT2D eigenvalue weighted by Crippen LogP contribution is 2.24. The standard InChI is InChI=1S/C9H13ClO/c10-9-6-4-2-1-3-5-8(9)7-11/h7H,1-6H2/b9-8-. The molecule has 0 atom stereocenters. The van der Waals surface area contributed by atoms with E-state index in [1.807, 2.05) is 0 Å². The second-order valence-corrected chi connectivity index (χ2v) is 3.42. The van der Waals surface area contributed by atoms with E-state index in [4.69, 9.17) is 11.6 Å². The van der Waals surface area contributed by atoms with E-state index in [0.29, 0.717) is 0 Å². The zero-order valence-electron chi connectivity index (χ0n) is 6.61. The van der Waals surface area contributed by atoms with Crippen LogP contribution in [0.25, 0.3) is 0 Å². The highest BCUT2D eigenvalue weighted by molar-refractivity contribution is 6.31. The molecule has 1 rings (SSSR count). The molecule has 0 saturated carbocycles. The van der Waals surface area contributed by atoms with Crippen LogP contribution in [0.15, 0.2) is 10.6 Å². The van der Waals surface area contributed by atoms with Crippen LogP contribution in [-0.2, 0) is 4.79 Å². The molecule has 62 valence electrons. The summed E-state index contributed by atoms with van der Waals surface area (Å²) in [6, 6.07) is 0. The Morgan fingerprint density at radius 2 is 1.73 bits per heavy atom. The van der Waals surface area contributed by atoms with Crippen molar-refractivity contribution >= 4 is 17.9 Å². The first-order valence-electron chi connectivity index (χ1n) is 4.17. The lowest BCUT2D eigenvalue weighted by molar-refractivity contribution is -0.105. The molecule has 0 N–H and O–H groups in total. The molecule has 0 bridgehead atoms. The number of rotatable bonds is 1. The Kier molecular flexibility index (Phi) is 3.64. The topological polar surface area (TPSA) is 17.1 Å². The third kappa shape index (κ3) is 2.66. The minimum atomic E-state index is 0.791. The molecule has 1 nitrogen and oxygen atoms in total. The van der Waals surface area contributed by atoms with Crippen LogP contribution < -0.4 is 0 Å². The molecular weight excluding hydrogens is 160 g/mol. The second-order valence-electron chi connectivity index (χ2n) is 2.96. The molecule has 0 unspecified atom stereocenters. The Hall–Kier alpha value is -0.300. The first-order valence-corrected chi connectivity index (χ1v) is 4.55. The van der Waals surface area contributed by atoms with Crippen molar-refractivity contribution in [2.45, 2.75) is 38.5 Å². The van der Waals surface area contributed by atoms with E-state index in [2.05, 4.69) is 0 Å². The van der Waals surface area contributed by atoms with E-state index in [-0.39, 0.29) is 0 Å². The summed E-state index contributed by atoms with van der Waals surface area (Å²) in [5, 5.41) is 0.791. The van der Waals surface area contributed by atoms with Crippen LogP contribution in [0.3, 0.4) is 0 Å². The monoisotopic (exact) mass is 172 g/mol. The van der Waals surface area contributed by atoms with Gasteiger partial charge < -0.3 is 0 Å². The molecule has 0 aromatic heterocycles. The molecule has 0 aromatic carbocycles. The van der Waals surface area contributed by atoms with Gasteiger partial charge in [0.1, 0.15) is 6.29 Å². The van der Waals surface area contributed by atoms with Crippen molar-refractivity contribution in [3.63, 3.8) is 0 Å². The van der Waals surface area contributed by atoms with Crippen LogP contribution in [-0.4, -0.2) is 6.29 Å². The predicted octanol–water partition coefficient (Wildman–Crippen LogP) is 3.03. The minimum Gasteiger partial charge on any atom is -0.298 e. The van der Waals surface area contributed by atoms with Crippen molar-refractivity contribution in [3.8, 4) is 0 Å². The van der Waals surface area contributed by atoms with E-state index in [1.54, 1.807) is 0 Å². The van der Waals surface area contributed by atoms with Gasteiger partial charge in [-0.15, -0.1) is 0 Å². The van der Waals surface area contributed by atoms with Gasteiger partial charge in [0.2, 0.25) is 0 Å². The van der Waals surface area contributed by atoms with Crippen molar-refractivity contribution in [1.29, 1.82) is 0 Å². The SMILES string of the molecule is O=C/C1=C(\Cl)CCCCCC1. The fourth-order valence-electron chi connectivity index (χ4n) is 1.37. The summed E-state index contributed by atoms with van der Waals surface area (Å²) < 4.78 is 0. The Bertz CT molecular complexity index is 172. The summed E-state index contributed by atoms with van der Waals surface area (Å²) in [6.07, 6.45) is 7.43. The van der Waals surface area contributed by atoms with Gasteiger partial charge in [0.05, 0.1) is 0 Å². The van der Waals surface area contributed by atoms with Crippen molar-refractivity contribution in [3.05, 3.63) is 10.6 Å². The summed E-state index contributed by atoms with van der Waals surface area (Å²) in [5.41, 5.74) is 0.825. The lowest BCUT2D eigenvalue weighted by atomic mass is 10.0. The van der Waals surface area contributed by atoms with Gasteiger partial charge in [-0.1, -0.05) is 24.4 Å². The van der Waals surface area contributed by atoms with Gasteiger partial charge in [0, 0.05) is 10.6 Å². The third-order valence-electron chi connectivity index (χ3n) is 2.08. The maximum absolute atomic E-state index is 10.5. The predicted molar refractivity (Wildman–Crippen MR) is 46.6 cm³/mol. The van der Waals surface area contributed by atoms with Crippen LogP contribution in [0.2, 0.25) is 0 Å². The zero-order chi connectivity index (χ0) is 8.10.